The second-order valence-corrected chi connectivity index (χ2v) is 8.81. The van der Waals surface area contributed by atoms with Crippen molar-refractivity contribution in [2.24, 2.45) is 0 Å². The molecule has 0 fully saturated rings. The molecule has 0 bridgehead atoms. The van der Waals surface area contributed by atoms with E-state index in [2.05, 4.69) is 20.2 Å². The fraction of sp³-hybridized carbons (Fsp3) is 0.211. The van der Waals surface area contributed by atoms with Gasteiger partial charge in [-0.05, 0) is 63.2 Å². The molecule has 2 N–H and O–H groups in total. The van der Waals surface area contributed by atoms with E-state index >= 15 is 0 Å². The third kappa shape index (κ3) is 5.00. The van der Waals surface area contributed by atoms with Crippen LogP contribution in [0.2, 0.25) is 5.02 Å². The summed E-state index contributed by atoms with van der Waals surface area (Å²) < 4.78 is 26.9. The van der Waals surface area contributed by atoms with Crippen LogP contribution in [0.5, 0.6) is 0 Å². The molecule has 1 heterocycles. The Labute approximate surface area is 173 Å². The Bertz CT molecular complexity index is 1140. The van der Waals surface area contributed by atoms with Crippen molar-refractivity contribution in [3.05, 3.63) is 64.9 Å². The number of nitrogens with zero attached hydrogens (tertiary/aromatic N) is 3. The lowest BCUT2D eigenvalue weighted by molar-refractivity contribution is 0.102. The summed E-state index contributed by atoms with van der Waals surface area (Å²) in [6.07, 6.45) is 0. The summed E-state index contributed by atoms with van der Waals surface area (Å²) in [4.78, 5) is 14.0. The molecule has 0 atom stereocenters. The smallest absolute Gasteiger partial charge is 0.278 e. The molecule has 1 amide bonds. The largest absolute Gasteiger partial charge is 0.321 e. The number of anilines is 1. The fourth-order valence-electron chi connectivity index (χ4n) is 2.59. The van der Waals surface area contributed by atoms with Crippen LogP contribution in [0.3, 0.4) is 0 Å². The molecule has 0 radical (unpaired) electrons. The Kier molecular flexibility index (Phi) is 6.02. The van der Waals surface area contributed by atoms with Gasteiger partial charge in [0, 0.05) is 16.8 Å². The zero-order valence-electron chi connectivity index (χ0n) is 16.0. The molecule has 0 aliphatic heterocycles. The number of aromatic nitrogens is 3. The van der Waals surface area contributed by atoms with Gasteiger partial charge in [-0.2, -0.15) is 9.90 Å². The van der Waals surface area contributed by atoms with Crippen LogP contribution < -0.4 is 10.0 Å². The SMILES string of the molecule is Cc1nn(-c2cccc(Cl)c2)nc1C(=O)Nc1ccc(S(=O)(=O)NC(C)C)cc1. The Morgan fingerprint density at radius 2 is 1.79 bits per heavy atom. The Morgan fingerprint density at radius 3 is 2.41 bits per heavy atom. The highest BCUT2D eigenvalue weighted by molar-refractivity contribution is 7.89. The third-order valence-corrected chi connectivity index (χ3v) is 5.76. The van der Waals surface area contributed by atoms with Gasteiger partial charge in [0.1, 0.15) is 0 Å². The number of carbonyl (C=O) groups is 1. The van der Waals surface area contributed by atoms with E-state index in [1.54, 1.807) is 45.0 Å². The Hall–Kier alpha value is -2.75. The molecule has 0 saturated carbocycles. The topological polar surface area (TPSA) is 106 Å². The van der Waals surface area contributed by atoms with E-state index in [9.17, 15) is 13.2 Å². The number of amides is 1. The van der Waals surface area contributed by atoms with E-state index < -0.39 is 15.9 Å². The van der Waals surface area contributed by atoms with Crippen LogP contribution >= 0.6 is 11.6 Å². The summed E-state index contributed by atoms with van der Waals surface area (Å²) in [7, 11) is -3.59. The van der Waals surface area contributed by atoms with Crippen molar-refractivity contribution in [1.29, 1.82) is 0 Å². The summed E-state index contributed by atoms with van der Waals surface area (Å²) in [5.74, 6) is -0.452. The van der Waals surface area contributed by atoms with E-state index in [4.69, 9.17) is 11.6 Å². The van der Waals surface area contributed by atoms with Gasteiger partial charge in [-0.1, -0.05) is 17.7 Å². The van der Waals surface area contributed by atoms with Gasteiger partial charge in [0.2, 0.25) is 10.0 Å². The standard InChI is InChI=1S/C19H20ClN5O3S/c1-12(2)24-29(27,28)17-9-7-15(8-10-17)21-19(26)18-13(3)22-25(23-18)16-6-4-5-14(20)11-16/h4-12,24H,1-3H3,(H,21,26). The van der Waals surface area contributed by atoms with Crippen LogP contribution in [0.4, 0.5) is 5.69 Å². The first kappa shape index (κ1) is 21.0. The highest BCUT2D eigenvalue weighted by atomic mass is 35.5. The average molecular weight is 434 g/mol. The van der Waals surface area contributed by atoms with E-state index in [1.165, 1.54) is 29.1 Å². The summed E-state index contributed by atoms with van der Waals surface area (Å²) in [5, 5.41) is 11.7. The molecule has 0 unspecified atom stereocenters. The Balaban J connectivity index is 1.77. The van der Waals surface area contributed by atoms with Gasteiger partial charge in [0.15, 0.2) is 5.69 Å². The van der Waals surface area contributed by atoms with E-state index in [-0.39, 0.29) is 16.6 Å². The van der Waals surface area contributed by atoms with Crippen LogP contribution in [0, 0.1) is 6.92 Å². The maximum absolute atomic E-state index is 12.6. The number of hydrogen-bond donors (Lipinski definition) is 2. The van der Waals surface area contributed by atoms with E-state index in [1.807, 2.05) is 0 Å². The monoisotopic (exact) mass is 433 g/mol. The average Bonchev–Trinajstić information content (AvgIpc) is 3.03. The molecule has 152 valence electrons. The van der Waals surface area contributed by atoms with Crippen LogP contribution in [0.25, 0.3) is 5.69 Å². The van der Waals surface area contributed by atoms with Crippen LogP contribution in [0.1, 0.15) is 30.0 Å². The second kappa shape index (κ2) is 8.32. The molecular formula is C19H20ClN5O3S. The summed E-state index contributed by atoms with van der Waals surface area (Å²) in [6.45, 7) is 5.16. The molecule has 3 aromatic rings. The Morgan fingerprint density at radius 1 is 1.10 bits per heavy atom. The number of nitrogens with one attached hydrogen (secondary N) is 2. The van der Waals surface area contributed by atoms with Crippen molar-refractivity contribution in [3.63, 3.8) is 0 Å². The van der Waals surface area contributed by atoms with Gasteiger partial charge in [0.25, 0.3) is 5.91 Å². The lowest BCUT2D eigenvalue weighted by Gasteiger charge is -2.10. The first-order valence-corrected chi connectivity index (χ1v) is 10.7. The van der Waals surface area contributed by atoms with E-state index in [0.29, 0.717) is 22.1 Å². The molecule has 1 aromatic heterocycles. The van der Waals surface area contributed by atoms with Gasteiger partial charge in [-0.15, -0.1) is 5.10 Å². The molecule has 3 rings (SSSR count). The lowest BCUT2D eigenvalue weighted by Crippen LogP contribution is -2.30. The normalized spacial score (nSPS) is 11.6. The molecule has 0 spiro atoms. The number of halogens is 1. The number of aryl methyl sites for hydroxylation is 1. The predicted molar refractivity (Wildman–Crippen MR) is 111 cm³/mol. The zero-order valence-corrected chi connectivity index (χ0v) is 17.6. The summed E-state index contributed by atoms with van der Waals surface area (Å²) in [5.41, 5.74) is 1.67. The van der Waals surface area contributed by atoms with Crippen LogP contribution in [-0.2, 0) is 10.0 Å². The van der Waals surface area contributed by atoms with Gasteiger partial charge < -0.3 is 5.32 Å². The fourth-order valence-corrected chi connectivity index (χ4v) is 4.03. The minimum Gasteiger partial charge on any atom is -0.321 e. The highest BCUT2D eigenvalue weighted by Crippen LogP contribution is 2.17. The molecule has 0 aliphatic rings. The van der Waals surface area contributed by atoms with Gasteiger partial charge in [0.05, 0.1) is 16.3 Å². The highest BCUT2D eigenvalue weighted by Gasteiger charge is 2.18. The number of carbonyl (C=O) groups excluding carboxylic acids is 1. The summed E-state index contributed by atoms with van der Waals surface area (Å²) >= 11 is 5.99. The van der Waals surface area contributed by atoms with Crippen molar-refractivity contribution >= 4 is 33.2 Å². The quantitative estimate of drug-likeness (QED) is 0.621. The number of hydrogen-bond acceptors (Lipinski definition) is 5. The zero-order chi connectivity index (χ0) is 21.2. The molecule has 29 heavy (non-hydrogen) atoms. The third-order valence-electron chi connectivity index (χ3n) is 3.85. The molecule has 2 aromatic carbocycles. The number of rotatable bonds is 6. The van der Waals surface area contributed by atoms with Crippen molar-refractivity contribution in [1.82, 2.24) is 19.7 Å². The minimum atomic E-state index is -3.59. The van der Waals surface area contributed by atoms with E-state index in [0.717, 1.165) is 0 Å². The summed E-state index contributed by atoms with van der Waals surface area (Å²) in [6, 6.07) is 12.6. The van der Waals surface area contributed by atoms with Crippen molar-refractivity contribution in [3.8, 4) is 5.69 Å². The molecule has 0 saturated heterocycles. The first-order chi connectivity index (χ1) is 13.7. The lowest BCUT2D eigenvalue weighted by atomic mass is 10.3. The van der Waals surface area contributed by atoms with Crippen molar-refractivity contribution < 1.29 is 13.2 Å². The second-order valence-electron chi connectivity index (χ2n) is 6.66. The molecule has 10 heteroatoms. The molecule has 0 aliphatic carbocycles. The predicted octanol–water partition coefficient (Wildman–Crippen LogP) is 3.17. The molecule has 8 nitrogen and oxygen atoms in total. The number of sulfonamides is 1. The maximum atomic E-state index is 12.6. The van der Waals surface area contributed by atoms with Crippen molar-refractivity contribution in [2.75, 3.05) is 5.32 Å². The van der Waals surface area contributed by atoms with Gasteiger partial charge >= 0.3 is 0 Å². The van der Waals surface area contributed by atoms with Crippen LogP contribution in [-0.4, -0.2) is 35.4 Å². The molecular weight excluding hydrogens is 414 g/mol. The minimum absolute atomic E-state index is 0.118. The van der Waals surface area contributed by atoms with Crippen molar-refractivity contribution in [2.45, 2.75) is 31.7 Å². The number of benzene rings is 2. The van der Waals surface area contributed by atoms with Gasteiger partial charge in [-0.3, -0.25) is 4.79 Å². The first-order valence-electron chi connectivity index (χ1n) is 8.79. The van der Waals surface area contributed by atoms with Gasteiger partial charge in [-0.25, -0.2) is 13.1 Å². The van der Waals surface area contributed by atoms with Crippen LogP contribution in [0.15, 0.2) is 53.4 Å². The maximum Gasteiger partial charge on any atom is 0.278 e.